The number of hydrogen-bond acceptors (Lipinski definition) is 8. The van der Waals surface area contributed by atoms with Crippen LogP contribution in [0.4, 0.5) is 0 Å². The number of fused-ring (bicyclic) bond motifs is 3. The predicted octanol–water partition coefficient (Wildman–Crippen LogP) is 3.77. The Hall–Kier alpha value is -3.56. The van der Waals surface area contributed by atoms with E-state index in [0.29, 0.717) is 51.8 Å². The summed E-state index contributed by atoms with van der Waals surface area (Å²) in [5.74, 6) is 1.25. The first-order chi connectivity index (χ1) is 17.4. The Morgan fingerprint density at radius 3 is 2.47 bits per heavy atom. The van der Waals surface area contributed by atoms with Crippen LogP contribution in [0.2, 0.25) is 0 Å². The summed E-state index contributed by atoms with van der Waals surface area (Å²) in [6.07, 6.45) is 4.38. The van der Waals surface area contributed by atoms with Gasteiger partial charge in [-0.15, -0.1) is 11.8 Å². The molecule has 8 nitrogen and oxygen atoms in total. The molecule has 0 saturated carbocycles. The number of nitrogens with one attached hydrogen (secondary N) is 1. The molecule has 0 bridgehead atoms. The van der Waals surface area contributed by atoms with Gasteiger partial charge in [0.05, 0.1) is 50.1 Å². The van der Waals surface area contributed by atoms with Crippen LogP contribution in [0.25, 0.3) is 11.1 Å². The summed E-state index contributed by atoms with van der Waals surface area (Å²) < 4.78 is 17.0. The van der Waals surface area contributed by atoms with Gasteiger partial charge >= 0.3 is 0 Å². The Kier molecular flexibility index (Phi) is 7.81. The molecule has 9 heteroatoms. The minimum atomic E-state index is -0.450. The fourth-order valence-corrected chi connectivity index (χ4v) is 4.99. The van der Waals surface area contributed by atoms with E-state index in [2.05, 4.69) is 10.3 Å². The molecule has 0 aliphatic heterocycles. The minimum absolute atomic E-state index is 0.118. The third-order valence-corrected chi connectivity index (χ3v) is 7.07. The van der Waals surface area contributed by atoms with Gasteiger partial charge in [-0.05, 0) is 66.1 Å². The maximum atomic E-state index is 13.2. The molecule has 1 amide bonds. The van der Waals surface area contributed by atoms with Crippen LogP contribution in [-0.2, 0) is 13.0 Å². The summed E-state index contributed by atoms with van der Waals surface area (Å²) >= 11 is 1.37. The highest BCUT2D eigenvalue weighted by atomic mass is 32.2. The molecule has 188 valence electrons. The van der Waals surface area contributed by atoms with E-state index in [1.165, 1.54) is 18.0 Å². The number of aromatic nitrogens is 1. The molecule has 0 radical (unpaired) electrons. The van der Waals surface area contributed by atoms with E-state index < -0.39 is 6.04 Å². The fraction of sp³-hybridized carbons (Fsp3) is 0.296. The summed E-state index contributed by atoms with van der Waals surface area (Å²) in [5, 5.41) is 12.3. The van der Waals surface area contributed by atoms with E-state index in [4.69, 9.17) is 14.2 Å². The van der Waals surface area contributed by atoms with Crippen molar-refractivity contribution in [2.24, 2.45) is 0 Å². The summed E-state index contributed by atoms with van der Waals surface area (Å²) in [6.45, 7) is -0.203. The van der Waals surface area contributed by atoms with Gasteiger partial charge in [0.25, 0.3) is 5.91 Å². The van der Waals surface area contributed by atoms with Crippen LogP contribution >= 0.6 is 11.8 Å². The smallest absolute Gasteiger partial charge is 0.253 e. The fourth-order valence-electron chi connectivity index (χ4n) is 4.52. The normalized spacial score (nSPS) is 14.2. The van der Waals surface area contributed by atoms with Crippen molar-refractivity contribution in [2.45, 2.75) is 30.4 Å². The summed E-state index contributed by atoms with van der Waals surface area (Å²) in [4.78, 5) is 30.9. The number of hydrogen-bond donors (Lipinski definition) is 2. The zero-order valence-electron chi connectivity index (χ0n) is 20.6. The lowest BCUT2D eigenvalue weighted by Crippen LogP contribution is -2.29. The molecule has 0 spiro atoms. The van der Waals surface area contributed by atoms with Gasteiger partial charge in [-0.2, -0.15) is 0 Å². The first-order valence-electron chi connectivity index (χ1n) is 11.4. The summed E-state index contributed by atoms with van der Waals surface area (Å²) in [7, 11) is 4.70. The van der Waals surface area contributed by atoms with Gasteiger partial charge in [-0.1, -0.05) is 6.07 Å². The number of ether oxygens (including phenoxy) is 3. The van der Waals surface area contributed by atoms with E-state index in [-0.39, 0.29) is 17.9 Å². The van der Waals surface area contributed by atoms with Crippen molar-refractivity contribution < 1.29 is 24.1 Å². The topological polar surface area (TPSA) is 107 Å². The third kappa shape index (κ3) is 4.76. The monoisotopic (exact) mass is 508 g/mol. The lowest BCUT2D eigenvalue weighted by Gasteiger charge is -2.19. The number of rotatable bonds is 7. The number of carbonyl (C=O) groups is 1. The lowest BCUT2D eigenvalue weighted by atomic mass is 9.96. The number of benzene rings is 1. The third-order valence-electron chi connectivity index (χ3n) is 6.30. The Morgan fingerprint density at radius 1 is 1.08 bits per heavy atom. The number of nitrogens with zero attached hydrogens (tertiary/aromatic N) is 1. The average molecular weight is 509 g/mol. The molecule has 2 N–H and O–H groups in total. The van der Waals surface area contributed by atoms with Crippen LogP contribution in [0.1, 0.15) is 39.6 Å². The zero-order chi connectivity index (χ0) is 25.8. The van der Waals surface area contributed by atoms with Gasteiger partial charge < -0.3 is 24.6 Å². The second-order valence-electron chi connectivity index (χ2n) is 8.21. The van der Waals surface area contributed by atoms with E-state index in [9.17, 15) is 14.7 Å². The maximum absolute atomic E-state index is 13.2. The van der Waals surface area contributed by atoms with Crippen LogP contribution in [0, 0.1) is 0 Å². The van der Waals surface area contributed by atoms with Crippen molar-refractivity contribution in [3.05, 3.63) is 75.2 Å². The molecule has 0 saturated heterocycles. The lowest BCUT2D eigenvalue weighted by molar-refractivity contribution is 0.0934. The number of carbonyl (C=O) groups excluding carboxylic acids is 1. The predicted molar refractivity (Wildman–Crippen MR) is 138 cm³/mol. The zero-order valence-corrected chi connectivity index (χ0v) is 21.4. The van der Waals surface area contributed by atoms with Crippen LogP contribution in [0.3, 0.4) is 0 Å². The Balaban J connectivity index is 1.88. The van der Waals surface area contributed by atoms with Crippen LogP contribution in [0.15, 0.2) is 52.3 Å². The SMILES string of the molecule is COc1cc2c(c(OC)c1OC)CC[C@H](NC(=O)c1ccc(CO)nc1)c1cc(=O)c(SC)ccc1-2. The summed E-state index contributed by atoms with van der Waals surface area (Å²) in [6, 6.07) is 9.99. The van der Waals surface area contributed by atoms with Gasteiger partial charge in [-0.25, -0.2) is 0 Å². The number of aliphatic hydroxyl groups is 1. The first-order valence-corrected chi connectivity index (χ1v) is 12.6. The molecule has 2 aromatic carbocycles. The molecular formula is C27H28N2O6S. The Bertz CT molecular complexity index is 1340. The van der Waals surface area contributed by atoms with Crippen molar-refractivity contribution >= 4 is 17.7 Å². The van der Waals surface area contributed by atoms with Gasteiger partial charge in [0.2, 0.25) is 5.75 Å². The van der Waals surface area contributed by atoms with Gasteiger partial charge in [0.15, 0.2) is 16.9 Å². The van der Waals surface area contributed by atoms with Gasteiger partial charge in [0, 0.05) is 11.8 Å². The molecule has 1 aromatic heterocycles. The molecule has 0 unspecified atom stereocenters. The van der Waals surface area contributed by atoms with Crippen molar-refractivity contribution in [2.75, 3.05) is 27.6 Å². The quantitative estimate of drug-likeness (QED) is 0.465. The number of thioether (sulfide) groups is 1. The molecular weight excluding hydrogens is 480 g/mol. The molecule has 1 aliphatic carbocycles. The van der Waals surface area contributed by atoms with E-state index in [1.54, 1.807) is 45.6 Å². The number of aliphatic hydroxyl groups excluding tert-OH is 1. The van der Waals surface area contributed by atoms with E-state index in [1.807, 2.05) is 18.4 Å². The number of amides is 1. The molecule has 4 rings (SSSR count). The molecule has 1 atom stereocenters. The van der Waals surface area contributed by atoms with E-state index >= 15 is 0 Å². The molecule has 1 aliphatic rings. The number of methoxy groups -OCH3 is 3. The second-order valence-corrected chi connectivity index (χ2v) is 9.06. The molecule has 3 aromatic rings. The average Bonchev–Trinajstić information content (AvgIpc) is 3.15. The maximum Gasteiger partial charge on any atom is 0.253 e. The molecule has 36 heavy (non-hydrogen) atoms. The first kappa shape index (κ1) is 25.5. The Labute approximate surface area is 213 Å². The van der Waals surface area contributed by atoms with Crippen LogP contribution in [-0.4, -0.2) is 43.6 Å². The van der Waals surface area contributed by atoms with Crippen molar-refractivity contribution in [1.29, 1.82) is 0 Å². The van der Waals surface area contributed by atoms with Crippen LogP contribution < -0.4 is 25.0 Å². The van der Waals surface area contributed by atoms with Crippen molar-refractivity contribution in [1.82, 2.24) is 10.3 Å². The molecule has 1 heterocycles. The van der Waals surface area contributed by atoms with Gasteiger partial charge in [0.1, 0.15) is 0 Å². The highest BCUT2D eigenvalue weighted by Gasteiger charge is 2.29. The number of pyridine rings is 1. The standard InChI is InChI=1S/C27H28N2O6S/c1-33-23-12-19-17-8-10-24(36-4)22(31)11-20(17)21(9-7-18(19)25(34-2)26(23)35-3)29-27(32)15-5-6-16(14-30)28-13-15/h5-6,8,10-13,21,30H,7,9,14H2,1-4H3,(H,29,32)/t21-/m0/s1. The van der Waals surface area contributed by atoms with Crippen molar-refractivity contribution in [3.8, 4) is 28.4 Å². The van der Waals surface area contributed by atoms with E-state index in [0.717, 1.165) is 16.7 Å². The highest BCUT2D eigenvalue weighted by Crippen LogP contribution is 2.48. The van der Waals surface area contributed by atoms with Crippen molar-refractivity contribution in [3.63, 3.8) is 0 Å². The highest BCUT2D eigenvalue weighted by molar-refractivity contribution is 7.98. The Morgan fingerprint density at radius 2 is 1.86 bits per heavy atom. The van der Waals surface area contributed by atoms with Crippen LogP contribution in [0.5, 0.6) is 17.2 Å². The second kappa shape index (κ2) is 11.0. The molecule has 0 fully saturated rings. The minimum Gasteiger partial charge on any atom is -0.493 e. The largest absolute Gasteiger partial charge is 0.493 e. The van der Waals surface area contributed by atoms with Gasteiger partial charge in [-0.3, -0.25) is 14.6 Å². The summed E-state index contributed by atoms with van der Waals surface area (Å²) in [5.41, 5.74) is 4.00.